The van der Waals surface area contributed by atoms with E-state index >= 15 is 0 Å². The van der Waals surface area contributed by atoms with Crippen molar-refractivity contribution in [1.82, 2.24) is 19.9 Å². The summed E-state index contributed by atoms with van der Waals surface area (Å²) in [5.41, 5.74) is 14.2. The number of H-pyrrole nitrogens is 2. The highest BCUT2D eigenvalue weighted by Gasteiger charge is 2.21. The van der Waals surface area contributed by atoms with Gasteiger partial charge in [-0.25, -0.2) is 9.97 Å². The van der Waals surface area contributed by atoms with E-state index in [9.17, 15) is 14.7 Å². The Bertz CT molecular complexity index is 1920. The second-order valence-electron chi connectivity index (χ2n) is 11.6. The molecule has 2 aliphatic rings. The molecule has 0 amide bonds. The van der Waals surface area contributed by atoms with Crippen molar-refractivity contribution in [2.75, 3.05) is 13.7 Å². The second kappa shape index (κ2) is 13.1. The number of rotatable bonds is 10. The van der Waals surface area contributed by atoms with Crippen molar-refractivity contribution in [2.45, 2.75) is 66.4 Å². The number of nitrogens with zero attached hydrogens (tertiary/aromatic N) is 2. The number of allylic oxidation sites excluding steroid dienone is 5. The molecule has 5 rings (SSSR count). The van der Waals surface area contributed by atoms with Crippen LogP contribution >= 0.6 is 0 Å². The summed E-state index contributed by atoms with van der Waals surface area (Å²) in [5.74, 6) is -0.278. The lowest BCUT2D eigenvalue weighted by atomic mass is 10.00. The van der Waals surface area contributed by atoms with Gasteiger partial charge >= 0.3 is 5.97 Å². The van der Waals surface area contributed by atoms with Crippen LogP contribution in [0.1, 0.15) is 91.2 Å². The molecule has 234 valence electrons. The molecule has 8 bridgehead atoms. The van der Waals surface area contributed by atoms with Crippen LogP contribution in [-0.4, -0.2) is 51.2 Å². The first kappa shape index (κ1) is 31.7. The molecule has 3 N–H and O–H groups in total. The molecule has 0 aliphatic carbocycles. The summed E-state index contributed by atoms with van der Waals surface area (Å²) in [5, 5.41) is 10.8. The molecule has 0 spiro atoms. The van der Waals surface area contributed by atoms with Crippen molar-refractivity contribution in [3.63, 3.8) is 0 Å². The van der Waals surface area contributed by atoms with E-state index in [0.717, 1.165) is 89.4 Å². The fraction of sp³-hybridized carbons (Fsp3) is 0.333. The van der Waals surface area contributed by atoms with Crippen LogP contribution in [-0.2, 0) is 25.5 Å². The van der Waals surface area contributed by atoms with E-state index in [1.165, 1.54) is 7.11 Å². The summed E-state index contributed by atoms with van der Waals surface area (Å²) in [6.07, 6.45) is 3.14. The smallest absolute Gasteiger partial charge is 0.305 e. The maximum absolute atomic E-state index is 12.2. The second-order valence-corrected chi connectivity index (χ2v) is 11.6. The van der Waals surface area contributed by atoms with Crippen molar-refractivity contribution < 1.29 is 24.2 Å². The number of carbonyl (C=O) groups excluding carboxylic acids is 2. The minimum absolute atomic E-state index is 0.239. The Kier molecular flexibility index (Phi) is 9.20. The third-order valence-electron chi connectivity index (χ3n) is 8.82. The lowest BCUT2D eigenvalue weighted by Crippen LogP contribution is -2.02. The van der Waals surface area contributed by atoms with E-state index in [1.54, 1.807) is 6.92 Å². The zero-order chi connectivity index (χ0) is 32.4. The van der Waals surface area contributed by atoms with Crippen molar-refractivity contribution in [2.24, 2.45) is 0 Å². The van der Waals surface area contributed by atoms with Crippen LogP contribution in [0.3, 0.4) is 0 Å². The molecule has 5 heterocycles. The van der Waals surface area contributed by atoms with Gasteiger partial charge in [-0.05, 0) is 112 Å². The lowest BCUT2D eigenvalue weighted by Gasteiger charge is -2.05. The van der Waals surface area contributed by atoms with Crippen molar-refractivity contribution in [1.29, 1.82) is 0 Å². The number of hydrogen-bond acceptors (Lipinski definition) is 7. The molecular weight excluding hydrogens is 568 g/mol. The van der Waals surface area contributed by atoms with Gasteiger partial charge in [0.05, 0.1) is 42.6 Å². The molecule has 2 aliphatic heterocycles. The van der Waals surface area contributed by atoms with Gasteiger partial charge in [0.2, 0.25) is 0 Å². The van der Waals surface area contributed by atoms with E-state index in [0.29, 0.717) is 32.3 Å². The van der Waals surface area contributed by atoms with Gasteiger partial charge in [0, 0.05) is 39.6 Å². The number of aromatic nitrogens is 4. The Balaban J connectivity index is 1.89. The molecule has 9 heteroatoms. The number of ether oxygens (including phenoxy) is 2. The van der Waals surface area contributed by atoms with Gasteiger partial charge in [0.1, 0.15) is 0 Å². The number of aliphatic hydroxyl groups is 1. The average Bonchev–Trinajstić information content (AvgIpc) is 3.67. The molecule has 0 aromatic carbocycles. The summed E-state index contributed by atoms with van der Waals surface area (Å²) >= 11 is 0. The van der Waals surface area contributed by atoms with Gasteiger partial charge in [-0.2, -0.15) is 0 Å². The number of aliphatic hydroxyl groups excluding tert-OH is 1. The van der Waals surface area contributed by atoms with E-state index in [2.05, 4.69) is 16.5 Å². The number of esters is 1. The SMILES string of the molecule is C=CC1=C(C)c2cc3[nH]c(cc4nc(cc5[nH]c(cc1n2)c(C)c5CCC(=O)OC)C(CCCOC=O)=C4C)c(C)c3C(C)O. The quantitative estimate of drug-likeness (QED) is 0.127. The number of fused-ring (bicyclic) bond motifs is 8. The standard InChI is InChI=1S/C36H40N4O5/c1-8-24-19(2)29-16-34-36(23(6)42)22(5)30(40-34)14-27-20(3)25(10-9-13-45-18-41)32(38-27)17-33-26(11-12-35(43)44-7)21(4)28(39-33)15-31(24)37-29/h8,14-18,23,39-40,42H,1,9-13H2,2-7H3. The van der Waals surface area contributed by atoms with Gasteiger partial charge < -0.3 is 24.5 Å². The topological polar surface area (TPSA) is 130 Å². The zero-order valence-electron chi connectivity index (χ0n) is 26.8. The fourth-order valence-corrected chi connectivity index (χ4v) is 6.29. The van der Waals surface area contributed by atoms with E-state index in [-0.39, 0.29) is 12.4 Å². The van der Waals surface area contributed by atoms with Crippen LogP contribution in [0.2, 0.25) is 0 Å². The molecule has 0 saturated carbocycles. The highest BCUT2D eigenvalue weighted by Crippen LogP contribution is 2.37. The maximum atomic E-state index is 12.2. The van der Waals surface area contributed by atoms with Crippen LogP contribution < -0.4 is 0 Å². The van der Waals surface area contributed by atoms with Crippen LogP contribution in [0.15, 0.2) is 36.9 Å². The summed E-state index contributed by atoms with van der Waals surface area (Å²) in [6.45, 7) is 14.7. The molecule has 0 radical (unpaired) electrons. The third kappa shape index (κ3) is 6.13. The molecule has 0 fully saturated rings. The number of aromatic amines is 2. The zero-order valence-corrected chi connectivity index (χ0v) is 26.8. The van der Waals surface area contributed by atoms with Crippen LogP contribution in [0.4, 0.5) is 0 Å². The normalized spacial score (nSPS) is 13.7. The number of carbonyl (C=O) groups is 2. The van der Waals surface area contributed by atoms with Gasteiger partial charge in [-0.15, -0.1) is 0 Å². The average molecular weight is 609 g/mol. The minimum Gasteiger partial charge on any atom is -0.469 e. The first-order valence-corrected chi connectivity index (χ1v) is 15.2. The third-order valence-corrected chi connectivity index (χ3v) is 8.82. The summed E-state index contributed by atoms with van der Waals surface area (Å²) < 4.78 is 9.93. The van der Waals surface area contributed by atoms with E-state index in [1.807, 2.05) is 58.0 Å². The Morgan fingerprint density at radius 2 is 1.53 bits per heavy atom. The Morgan fingerprint density at radius 3 is 2.22 bits per heavy atom. The van der Waals surface area contributed by atoms with Crippen LogP contribution in [0, 0.1) is 13.8 Å². The number of hydrogen-bond donors (Lipinski definition) is 3. The molecule has 1 atom stereocenters. The molecule has 9 nitrogen and oxygen atoms in total. The van der Waals surface area contributed by atoms with Crippen molar-refractivity contribution in [3.8, 4) is 0 Å². The molecule has 45 heavy (non-hydrogen) atoms. The van der Waals surface area contributed by atoms with E-state index in [4.69, 9.17) is 19.4 Å². The fourth-order valence-electron chi connectivity index (χ4n) is 6.29. The predicted molar refractivity (Wildman–Crippen MR) is 178 cm³/mol. The van der Waals surface area contributed by atoms with E-state index < -0.39 is 6.10 Å². The highest BCUT2D eigenvalue weighted by molar-refractivity contribution is 5.97. The number of aryl methyl sites for hydroxylation is 3. The monoisotopic (exact) mass is 608 g/mol. The molecule has 1 unspecified atom stereocenters. The maximum Gasteiger partial charge on any atom is 0.305 e. The molecular formula is C36H40N4O5. The van der Waals surface area contributed by atoms with Crippen molar-refractivity contribution in [3.05, 3.63) is 81.9 Å². The Labute approximate surface area is 262 Å². The molecule has 3 aromatic heterocycles. The van der Waals surface area contributed by atoms with Crippen LogP contribution in [0.25, 0.3) is 44.4 Å². The number of methoxy groups -OCH3 is 1. The highest BCUT2D eigenvalue weighted by atomic mass is 16.5. The minimum atomic E-state index is -0.703. The Hall–Kier alpha value is -4.76. The molecule has 0 saturated heterocycles. The first-order valence-electron chi connectivity index (χ1n) is 15.2. The predicted octanol–water partition coefficient (Wildman–Crippen LogP) is 7.09. The summed E-state index contributed by atoms with van der Waals surface area (Å²) in [6, 6.07) is 8.05. The summed E-state index contributed by atoms with van der Waals surface area (Å²) in [4.78, 5) is 40.2. The van der Waals surface area contributed by atoms with Gasteiger partial charge in [-0.1, -0.05) is 12.7 Å². The Morgan fingerprint density at radius 1 is 0.911 bits per heavy atom. The van der Waals surface area contributed by atoms with Gasteiger partial charge in [0.15, 0.2) is 0 Å². The largest absolute Gasteiger partial charge is 0.469 e. The molecule has 3 aromatic rings. The lowest BCUT2D eigenvalue weighted by molar-refractivity contribution is -0.140. The first-order chi connectivity index (χ1) is 21.6. The summed E-state index contributed by atoms with van der Waals surface area (Å²) in [7, 11) is 1.40. The van der Waals surface area contributed by atoms with Crippen LogP contribution in [0.5, 0.6) is 0 Å². The number of nitrogens with one attached hydrogen (secondary N) is 2. The van der Waals surface area contributed by atoms with Gasteiger partial charge in [0.25, 0.3) is 6.47 Å². The van der Waals surface area contributed by atoms with Gasteiger partial charge in [-0.3, -0.25) is 9.59 Å². The van der Waals surface area contributed by atoms with Crippen molar-refractivity contribution >= 4 is 56.8 Å².